The van der Waals surface area contributed by atoms with Gasteiger partial charge in [-0.2, -0.15) is 0 Å². The summed E-state index contributed by atoms with van der Waals surface area (Å²) in [6, 6.07) is 0. The first-order chi connectivity index (χ1) is 4.84. The third kappa shape index (κ3) is 1.92. The summed E-state index contributed by atoms with van der Waals surface area (Å²) in [5.41, 5.74) is 5.19. The summed E-state index contributed by atoms with van der Waals surface area (Å²) in [4.78, 5) is 0. The minimum absolute atomic E-state index is 0.152. The molecule has 1 heterocycles. The zero-order valence-corrected chi connectivity index (χ0v) is 6.05. The van der Waals surface area contributed by atoms with Gasteiger partial charge in [0.25, 0.3) is 0 Å². The molecule has 1 atom stereocenters. The summed E-state index contributed by atoms with van der Waals surface area (Å²) in [6.07, 6.45) is 0.848. The molecule has 1 aliphatic heterocycles. The molecular weight excluding hydrogens is 133 g/mol. The average molecular weight is 147 g/mol. The van der Waals surface area contributed by atoms with Gasteiger partial charge in [0.2, 0.25) is 0 Å². The van der Waals surface area contributed by atoms with Gasteiger partial charge >= 0.3 is 0 Å². The number of hydrogen-bond donors (Lipinski definition) is 1. The van der Waals surface area contributed by atoms with Crippen LogP contribution >= 0.6 is 0 Å². The topological polar surface area (TPSA) is 35.2 Å². The predicted octanol–water partition coefficient (Wildman–Crippen LogP) is 0.710. The molecular formula is C7H14FNO. The van der Waals surface area contributed by atoms with Crippen molar-refractivity contribution in [3.05, 3.63) is 0 Å². The highest BCUT2D eigenvalue weighted by Crippen LogP contribution is 2.19. The normalized spacial score (nSPS) is 24.6. The van der Waals surface area contributed by atoms with Crippen molar-refractivity contribution < 1.29 is 9.13 Å². The summed E-state index contributed by atoms with van der Waals surface area (Å²) >= 11 is 0. The van der Waals surface area contributed by atoms with E-state index in [2.05, 4.69) is 0 Å². The second-order valence-corrected chi connectivity index (χ2v) is 2.70. The smallest absolute Gasteiger partial charge is 0.115 e. The summed E-state index contributed by atoms with van der Waals surface area (Å²) in [6.45, 7) is 1.56. The van der Waals surface area contributed by atoms with Crippen LogP contribution in [0.3, 0.4) is 0 Å². The summed E-state index contributed by atoms with van der Waals surface area (Å²) in [7, 11) is 0. The number of ether oxygens (including phenoxy) is 1. The molecule has 10 heavy (non-hydrogen) atoms. The molecule has 60 valence electrons. The first-order valence-electron chi connectivity index (χ1n) is 3.76. The van der Waals surface area contributed by atoms with E-state index in [4.69, 9.17) is 10.5 Å². The van der Waals surface area contributed by atoms with E-state index in [0.717, 1.165) is 12.8 Å². The molecule has 1 rings (SSSR count). The Hall–Kier alpha value is -0.150. The van der Waals surface area contributed by atoms with Gasteiger partial charge < -0.3 is 10.5 Å². The van der Waals surface area contributed by atoms with Crippen LogP contribution < -0.4 is 5.73 Å². The van der Waals surface area contributed by atoms with E-state index in [1.165, 1.54) is 0 Å². The quantitative estimate of drug-likeness (QED) is 0.624. The molecule has 0 unspecified atom stereocenters. The molecule has 0 spiro atoms. The van der Waals surface area contributed by atoms with Gasteiger partial charge in [0.1, 0.15) is 6.17 Å². The molecule has 0 amide bonds. The van der Waals surface area contributed by atoms with Crippen molar-refractivity contribution in [2.24, 2.45) is 11.7 Å². The van der Waals surface area contributed by atoms with Crippen LogP contribution in [-0.2, 0) is 4.74 Å². The lowest BCUT2D eigenvalue weighted by atomic mass is 9.95. The third-order valence-electron chi connectivity index (χ3n) is 2.00. The van der Waals surface area contributed by atoms with E-state index >= 15 is 0 Å². The molecule has 1 saturated heterocycles. The van der Waals surface area contributed by atoms with Crippen molar-refractivity contribution >= 4 is 0 Å². The zero-order valence-electron chi connectivity index (χ0n) is 6.05. The molecule has 0 aromatic heterocycles. The number of rotatable bonds is 2. The number of hydrogen-bond acceptors (Lipinski definition) is 2. The van der Waals surface area contributed by atoms with Crippen molar-refractivity contribution in [2.45, 2.75) is 19.0 Å². The van der Waals surface area contributed by atoms with E-state index < -0.39 is 6.17 Å². The van der Waals surface area contributed by atoms with E-state index in [1.54, 1.807) is 0 Å². The van der Waals surface area contributed by atoms with Gasteiger partial charge in [-0.3, -0.25) is 0 Å². The largest absolute Gasteiger partial charge is 0.381 e. The molecule has 0 aliphatic carbocycles. The van der Waals surface area contributed by atoms with Crippen molar-refractivity contribution in [1.29, 1.82) is 0 Å². The fourth-order valence-corrected chi connectivity index (χ4v) is 1.27. The van der Waals surface area contributed by atoms with Crippen LogP contribution in [0.5, 0.6) is 0 Å². The molecule has 0 bridgehead atoms. The average Bonchev–Trinajstić information content (AvgIpc) is 2.05. The Morgan fingerprint density at radius 3 is 2.60 bits per heavy atom. The molecule has 0 radical (unpaired) electrons. The number of nitrogens with two attached hydrogens (primary N) is 1. The van der Waals surface area contributed by atoms with Gasteiger partial charge in [-0.05, 0) is 18.8 Å². The maximum Gasteiger partial charge on any atom is 0.115 e. The SMILES string of the molecule is NC[C@@H](F)C1CCOCC1. The van der Waals surface area contributed by atoms with Crippen LogP contribution in [-0.4, -0.2) is 25.9 Å². The Balaban J connectivity index is 2.24. The monoisotopic (exact) mass is 147 g/mol. The van der Waals surface area contributed by atoms with E-state index in [0.29, 0.717) is 13.2 Å². The fourth-order valence-electron chi connectivity index (χ4n) is 1.27. The predicted molar refractivity (Wildman–Crippen MR) is 37.5 cm³/mol. The Morgan fingerprint density at radius 2 is 2.10 bits per heavy atom. The Labute approximate surface area is 60.5 Å². The van der Waals surface area contributed by atoms with Gasteiger partial charge in [-0.15, -0.1) is 0 Å². The molecule has 2 nitrogen and oxygen atoms in total. The fraction of sp³-hybridized carbons (Fsp3) is 1.00. The van der Waals surface area contributed by atoms with Gasteiger partial charge in [-0.25, -0.2) is 4.39 Å². The molecule has 1 aliphatic rings. The zero-order chi connectivity index (χ0) is 7.40. The van der Waals surface area contributed by atoms with Crippen molar-refractivity contribution in [1.82, 2.24) is 0 Å². The summed E-state index contributed by atoms with van der Waals surface area (Å²) in [5.74, 6) is 0.152. The number of halogens is 1. The molecule has 2 N–H and O–H groups in total. The first-order valence-corrected chi connectivity index (χ1v) is 3.76. The lowest BCUT2D eigenvalue weighted by molar-refractivity contribution is 0.0389. The molecule has 0 aromatic carbocycles. The van der Waals surface area contributed by atoms with E-state index in [9.17, 15) is 4.39 Å². The minimum atomic E-state index is -0.816. The van der Waals surface area contributed by atoms with Crippen LogP contribution in [0.4, 0.5) is 4.39 Å². The number of alkyl halides is 1. The highest BCUT2D eigenvalue weighted by molar-refractivity contribution is 4.72. The molecule has 0 aromatic rings. The Kier molecular flexibility index (Phi) is 3.09. The van der Waals surface area contributed by atoms with Gasteiger partial charge in [0.15, 0.2) is 0 Å². The van der Waals surface area contributed by atoms with Crippen LogP contribution in [0.25, 0.3) is 0 Å². The van der Waals surface area contributed by atoms with E-state index in [-0.39, 0.29) is 12.5 Å². The standard InChI is InChI=1S/C7H14FNO/c8-7(5-9)6-1-3-10-4-2-6/h6-7H,1-5,9H2/t7-/m1/s1. The highest BCUT2D eigenvalue weighted by atomic mass is 19.1. The van der Waals surface area contributed by atoms with Crippen molar-refractivity contribution in [2.75, 3.05) is 19.8 Å². The second-order valence-electron chi connectivity index (χ2n) is 2.70. The van der Waals surface area contributed by atoms with Gasteiger partial charge in [0, 0.05) is 19.8 Å². The van der Waals surface area contributed by atoms with E-state index in [1.807, 2.05) is 0 Å². The summed E-state index contributed by atoms with van der Waals surface area (Å²) < 4.78 is 17.9. The lowest BCUT2D eigenvalue weighted by Crippen LogP contribution is -2.29. The maximum absolute atomic E-state index is 12.8. The van der Waals surface area contributed by atoms with Gasteiger partial charge in [0.05, 0.1) is 0 Å². The third-order valence-corrected chi connectivity index (χ3v) is 2.00. The van der Waals surface area contributed by atoms with Gasteiger partial charge in [-0.1, -0.05) is 0 Å². The Bertz CT molecular complexity index is 93.6. The summed E-state index contributed by atoms with van der Waals surface area (Å²) in [5, 5.41) is 0. The molecule has 3 heteroatoms. The van der Waals surface area contributed by atoms with Crippen molar-refractivity contribution in [3.63, 3.8) is 0 Å². The second kappa shape index (κ2) is 3.88. The lowest BCUT2D eigenvalue weighted by Gasteiger charge is -2.24. The van der Waals surface area contributed by atoms with Crippen LogP contribution in [0.1, 0.15) is 12.8 Å². The van der Waals surface area contributed by atoms with Crippen molar-refractivity contribution in [3.8, 4) is 0 Å². The first kappa shape index (κ1) is 7.95. The van der Waals surface area contributed by atoms with Crippen LogP contribution in [0, 0.1) is 5.92 Å². The van der Waals surface area contributed by atoms with Crippen LogP contribution in [0.15, 0.2) is 0 Å². The Morgan fingerprint density at radius 1 is 1.50 bits per heavy atom. The van der Waals surface area contributed by atoms with Crippen LogP contribution in [0.2, 0.25) is 0 Å². The maximum atomic E-state index is 12.8. The minimum Gasteiger partial charge on any atom is -0.381 e. The molecule has 1 fully saturated rings. The molecule has 0 saturated carbocycles. The highest BCUT2D eigenvalue weighted by Gasteiger charge is 2.21.